The van der Waals surface area contributed by atoms with E-state index in [0.717, 1.165) is 13.0 Å². The van der Waals surface area contributed by atoms with Crippen LogP contribution in [0.1, 0.15) is 66.7 Å². The van der Waals surface area contributed by atoms with Gasteiger partial charge < -0.3 is 9.47 Å². The Kier molecular flexibility index (Phi) is 10.7. The maximum absolute atomic E-state index is 12.0. The second kappa shape index (κ2) is 11.0. The highest BCUT2D eigenvalue weighted by Crippen LogP contribution is 2.16. The van der Waals surface area contributed by atoms with Crippen LogP contribution in [0.3, 0.4) is 0 Å². The monoisotopic (exact) mass is 301 g/mol. The first-order valence-corrected chi connectivity index (χ1v) is 8.33. The van der Waals surface area contributed by atoms with Gasteiger partial charge in [-0.05, 0) is 39.5 Å². The minimum atomic E-state index is -0.673. The highest BCUT2D eigenvalue weighted by Gasteiger charge is 2.34. The Hall–Kier alpha value is -0.610. The molecule has 0 bridgehead atoms. The molecule has 126 valence electrons. The summed E-state index contributed by atoms with van der Waals surface area (Å²) < 4.78 is 10.7. The molecule has 0 amide bonds. The molecule has 0 rings (SSSR count). The number of carbonyl (C=O) groups excluding carboxylic acids is 1. The summed E-state index contributed by atoms with van der Waals surface area (Å²) in [6.07, 6.45) is 5.50. The quantitative estimate of drug-likeness (QED) is 0.442. The van der Waals surface area contributed by atoms with Crippen molar-refractivity contribution in [1.82, 2.24) is 5.32 Å². The average Bonchev–Trinajstić information content (AvgIpc) is 2.44. The van der Waals surface area contributed by atoms with E-state index in [1.807, 2.05) is 20.8 Å². The third-order valence-corrected chi connectivity index (χ3v) is 3.89. The van der Waals surface area contributed by atoms with E-state index < -0.39 is 5.54 Å². The molecule has 2 unspecified atom stereocenters. The van der Waals surface area contributed by atoms with E-state index in [9.17, 15) is 4.79 Å². The highest BCUT2D eigenvalue weighted by molar-refractivity contribution is 5.80. The highest BCUT2D eigenvalue weighted by atomic mass is 16.5. The zero-order valence-electron chi connectivity index (χ0n) is 14.8. The maximum Gasteiger partial charge on any atom is 0.325 e. The third kappa shape index (κ3) is 8.42. The van der Waals surface area contributed by atoms with Crippen LogP contribution in [0.5, 0.6) is 0 Å². The Labute approximate surface area is 131 Å². The second-order valence-corrected chi connectivity index (χ2v) is 6.36. The Morgan fingerprint density at radius 3 is 2.43 bits per heavy atom. The molecular formula is C17H35NO3. The average molecular weight is 301 g/mol. The van der Waals surface area contributed by atoms with Crippen LogP contribution in [-0.4, -0.2) is 37.9 Å². The van der Waals surface area contributed by atoms with Gasteiger partial charge in [-0.2, -0.15) is 0 Å². The van der Waals surface area contributed by atoms with E-state index in [0.29, 0.717) is 18.9 Å². The molecule has 0 saturated heterocycles. The molecule has 0 saturated carbocycles. The molecule has 2 atom stereocenters. The van der Waals surface area contributed by atoms with Gasteiger partial charge in [-0.15, -0.1) is 0 Å². The minimum Gasteiger partial charge on any atom is -0.468 e. The molecule has 21 heavy (non-hydrogen) atoms. The van der Waals surface area contributed by atoms with E-state index in [2.05, 4.69) is 19.2 Å². The van der Waals surface area contributed by atoms with Crippen molar-refractivity contribution in [2.75, 3.05) is 20.3 Å². The van der Waals surface area contributed by atoms with E-state index in [1.54, 1.807) is 0 Å². The zero-order chi connectivity index (χ0) is 16.3. The second-order valence-electron chi connectivity index (χ2n) is 6.36. The molecule has 0 radical (unpaired) electrons. The molecule has 4 heteroatoms. The van der Waals surface area contributed by atoms with Gasteiger partial charge in [-0.1, -0.05) is 33.1 Å². The number of hydrogen-bond acceptors (Lipinski definition) is 4. The van der Waals surface area contributed by atoms with Crippen LogP contribution in [0.15, 0.2) is 0 Å². The lowest BCUT2D eigenvalue weighted by molar-refractivity contribution is -0.149. The van der Waals surface area contributed by atoms with Gasteiger partial charge in [0.15, 0.2) is 0 Å². The number of methoxy groups -OCH3 is 1. The van der Waals surface area contributed by atoms with Crippen LogP contribution in [0.2, 0.25) is 0 Å². The van der Waals surface area contributed by atoms with Gasteiger partial charge in [-0.25, -0.2) is 0 Å². The smallest absolute Gasteiger partial charge is 0.325 e. The van der Waals surface area contributed by atoms with Crippen molar-refractivity contribution in [3.8, 4) is 0 Å². The van der Waals surface area contributed by atoms with Crippen LogP contribution < -0.4 is 5.32 Å². The molecule has 0 aromatic heterocycles. The summed E-state index contributed by atoms with van der Waals surface area (Å²) in [5, 5.41) is 3.29. The Balaban J connectivity index is 4.21. The van der Waals surface area contributed by atoms with Crippen LogP contribution >= 0.6 is 0 Å². The number of rotatable bonds is 12. The van der Waals surface area contributed by atoms with Crippen molar-refractivity contribution in [1.29, 1.82) is 0 Å². The van der Waals surface area contributed by atoms with E-state index >= 15 is 0 Å². The van der Waals surface area contributed by atoms with Crippen molar-refractivity contribution in [3.63, 3.8) is 0 Å². The lowest BCUT2D eigenvalue weighted by Gasteiger charge is -2.30. The van der Waals surface area contributed by atoms with E-state index in [1.165, 1.54) is 26.4 Å². The normalized spacial score (nSPS) is 15.8. The molecule has 0 aliphatic heterocycles. The summed E-state index contributed by atoms with van der Waals surface area (Å²) in [6, 6.07) is 0.224. The van der Waals surface area contributed by atoms with Gasteiger partial charge in [0.2, 0.25) is 0 Å². The molecule has 4 nitrogen and oxygen atoms in total. The summed E-state index contributed by atoms with van der Waals surface area (Å²) in [5.74, 6) is 0.408. The zero-order valence-corrected chi connectivity index (χ0v) is 14.8. The number of hydrogen-bond donors (Lipinski definition) is 1. The molecule has 0 aromatic carbocycles. The van der Waals surface area contributed by atoms with Crippen LogP contribution in [0.4, 0.5) is 0 Å². The van der Waals surface area contributed by atoms with Gasteiger partial charge in [0, 0.05) is 19.3 Å². The summed E-state index contributed by atoms with van der Waals surface area (Å²) >= 11 is 0. The largest absolute Gasteiger partial charge is 0.468 e. The van der Waals surface area contributed by atoms with Crippen LogP contribution in [0, 0.1) is 5.92 Å². The molecule has 0 heterocycles. The molecule has 1 N–H and O–H groups in total. The number of ether oxygens (including phenoxy) is 2. The predicted octanol–water partition coefficient (Wildman–Crippen LogP) is 3.54. The Morgan fingerprint density at radius 1 is 1.29 bits per heavy atom. The summed E-state index contributed by atoms with van der Waals surface area (Å²) in [5.41, 5.74) is -0.673. The molecule has 0 spiro atoms. The summed E-state index contributed by atoms with van der Waals surface area (Å²) in [6.45, 7) is 11.7. The van der Waals surface area contributed by atoms with Gasteiger partial charge >= 0.3 is 5.97 Å². The predicted molar refractivity (Wildman–Crippen MR) is 87.4 cm³/mol. The van der Waals surface area contributed by atoms with Crippen molar-refractivity contribution in [2.24, 2.45) is 5.92 Å². The minimum absolute atomic E-state index is 0.224. The number of esters is 1. The van der Waals surface area contributed by atoms with Gasteiger partial charge in [-0.3, -0.25) is 10.1 Å². The van der Waals surface area contributed by atoms with E-state index in [-0.39, 0.29) is 12.0 Å². The fourth-order valence-electron chi connectivity index (χ4n) is 2.52. The Bertz CT molecular complexity index is 281. The fourth-order valence-corrected chi connectivity index (χ4v) is 2.52. The third-order valence-electron chi connectivity index (χ3n) is 3.89. The van der Waals surface area contributed by atoms with Crippen molar-refractivity contribution < 1.29 is 14.3 Å². The first-order chi connectivity index (χ1) is 9.89. The number of unbranched alkanes of at least 4 members (excludes halogenated alkanes) is 1. The van der Waals surface area contributed by atoms with Crippen LogP contribution in [-0.2, 0) is 14.3 Å². The molecule has 0 aromatic rings. The fraction of sp³-hybridized carbons (Fsp3) is 0.941. The number of carbonyl (C=O) groups is 1. The van der Waals surface area contributed by atoms with Gasteiger partial charge in [0.1, 0.15) is 5.54 Å². The first kappa shape index (κ1) is 20.4. The molecular weight excluding hydrogens is 266 g/mol. The maximum atomic E-state index is 12.0. The van der Waals surface area contributed by atoms with Crippen molar-refractivity contribution in [3.05, 3.63) is 0 Å². The number of nitrogens with one attached hydrogen (secondary N) is 1. The lowest BCUT2D eigenvalue weighted by atomic mass is 9.97. The first-order valence-electron chi connectivity index (χ1n) is 8.33. The lowest BCUT2D eigenvalue weighted by Crippen LogP contribution is -2.53. The van der Waals surface area contributed by atoms with Crippen molar-refractivity contribution in [2.45, 2.75) is 78.3 Å². The topological polar surface area (TPSA) is 47.6 Å². The van der Waals surface area contributed by atoms with E-state index in [4.69, 9.17) is 9.47 Å². The van der Waals surface area contributed by atoms with Crippen molar-refractivity contribution >= 4 is 5.97 Å². The standard InChI is InChI=1S/C17H35NO3/c1-7-9-10-15(8-2)13-21-12-11-17(5,16(19)20-6)18-14(3)4/h14-15,18H,7-13H2,1-6H3. The molecule has 0 aliphatic rings. The van der Waals surface area contributed by atoms with Gasteiger partial charge in [0.25, 0.3) is 0 Å². The SMILES string of the molecule is CCCCC(CC)COCCC(C)(NC(C)C)C(=O)OC. The molecule has 0 fully saturated rings. The van der Waals surface area contributed by atoms with Gasteiger partial charge in [0.05, 0.1) is 7.11 Å². The summed E-state index contributed by atoms with van der Waals surface area (Å²) in [4.78, 5) is 12.0. The summed E-state index contributed by atoms with van der Waals surface area (Å²) in [7, 11) is 1.43. The van der Waals surface area contributed by atoms with Crippen LogP contribution in [0.25, 0.3) is 0 Å². The molecule has 0 aliphatic carbocycles. The Morgan fingerprint density at radius 2 is 1.95 bits per heavy atom.